The molecule has 0 radical (unpaired) electrons. The van der Waals surface area contributed by atoms with Gasteiger partial charge in [0.2, 0.25) is 0 Å². The van der Waals surface area contributed by atoms with Crippen molar-refractivity contribution in [3.63, 3.8) is 0 Å². The van der Waals surface area contributed by atoms with Gasteiger partial charge in [-0.2, -0.15) is 10.5 Å². The Morgan fingerprint density at radius 1 is 1.17 bits per heavy atom. The van der Waals surface area contributed by atoms with Crippen LogP contribution in [0.15, 0.2) is 35.1 Å². The summed E-state index contributed by atoms with van der Waals surface area (Å²) in [5.41, 5.74) is 2.57. The molecule has 1 fully saturated rings. The molecule has 0 aliphatic heterocycles. The van der Waals surface area contributed by atoms with E-state index in [2.05, 4.69) is 16.4 Å². The predicted octanol–water partition coefficient (Wildman–Crippen LogP) is 4.32. The summed E-state index contributed by atoms with van der Waals surface area (Å²) in [4.78, 5) is 19.0. The number of fused-ring (bicyclic) bond motifs is 1. The van der Waals surface area contributed by atoms with E-state index in [1.807, 2.05) is 18.0 Å². The Kier molecular flexibility index (Phi) is 8.27. The van der Waals surface area contributed by atoms with Gasteiger partial charge in [0.25, 0.3) is 5.56 Å². The zero-order valence-electron chi connectivity index (χ0n) is 20.4. The van der Waals surface area contributed by atoms with Gasteiger partial charge in [-0.3, -0.25) is 4.79 Å². The molecule has 1 saturated carbocycles. The first kappa shape index (κ1) is 25.5. The van der Waals surface area contributed by atoms with Crippen LogP contribution in [0.25, 0.3) is 11.0 Å². The average Bonchev–Trinajstić information content (AvgIpc) is 2.90. The molecular formula is C26H29FN6O2. The highest BCUT2D eigenvalue weighted by molar-refractivity contribution is 5.92. The smallest absolute Gasteiger partial charge is 0.270 e. The summed E-state index contributed by atoms with van der Waals surface area (Å²) in [6.07, 6.45) is 5.60. The number of ether oxygens (including phenoxy) is 1. The van der Waals surface area contributed by atoms with Crippen molar-refractivity contribution in [1.29, 1.82) is 10.5 Å². The number of benzene rings is 1. The zero-order valence-corrected chi connectivity index (χ0v) is 20.4. The number of rotatable bonds is 4. The summed E-state index contributed by atoms with van der Waals surface area (Å²) < 4.78 is 18.9. The molecule has 1 aliphatic rings. The minimum Gasteiger partial charge on any atom is -0.494 e. The summed E-state index contributed by atoms with van der Waals surface area (Å²) in [5.74, 6) is 0.230. The largest absolute Gasteiger partial charge is 0.494 e. The Morgan fingerprint density at radius 3 is 2.49 bits per heavy atom. The fourth-order valence-corrected chi connectivity index (χ4v) is 4.42. The maximum absolute atomic E-state index is 12.6. The van der Waals surface area contributed by atoms with E-state index in [-0.39, 0.29) is 28.7 Å². The van der Waals surface area contributed by atoms with Crippen molar-refractivity contribution in [3.8, 4) is 17.9 Å². The van der Waals surface area contributed by atoms with Gasteiger partial charge in [0.1, 0.15) is 40.5 Å². The Bertz CT molecular complexity index is 1350. The normalized spacial score (nSPS) is 13.2. The van der Waals surface area contributed by atoms with Gasteiger partial charge in [-0.05, 0) is 37.1 Å². The maximum Gasteiger partial charge on any atom is 0.270 e. The monoisotopic (exact) mass is 476 g/mol. The highest BCUT2D eigenvalue weighted by atomic mass is 19.1. The highest BCUT2D eigenvalue weighted by Gasteiger charge is 2.25. The quantitative estimate of drug-likeness (QED) is 0.597. The lowest BCUT2D eigenvalue weighted by molar-refractivity contribution is 0.413. The molecule has 1 aromatic carbocycles. The molecule has 0 saturated heterocycles. The van der Waals surface area contributed by atoms with Crippen molar-refractivity contribution >= 4 is 22.4 Å². The van der Waals surface area contributed by atoms with Crippen LogP contribution in [-0.2, 0) is 7.05 Å². The molecule has 0 bridgehead atoms. The SMILES string of the molecule is CN(c1c(C#N)c(=O)n(C)c2ccc(C#N)nc12)C1CCCCC1.CNc1ccc(F)cc1OC. The topological polar surface area (TPSA) is 107 Å². The minimum atomic E-state index is -0.325. The van der Waals surface area contributed by atoms with Crippen LogP contribution in [0, 0.1) is 28.5 Å². The fraction of sp³-hybridized carbons (Fsp3) is 0.385. The van der Waals surface area contributed by atoms with E-state index in [1.165, 1.54) is 30.2 Å². The molecule has 2 aromatic heterocycles. The number of pyridine rings is 2. The number of halogens is 1. The first-order valence-corrected chi connectivity index (χ1v) is 11.4. The van der Waals surface area contributed by atoms with E-state index in [4.69, 9.17) is 10.00 Å². The molecule has 35 heavy (non-hydrogen) atoms. The van der Waals surface area contributed by atoms with Gasteiger partial charge in [0, 0.05) is 33.3 Å². The Morgan fingerprint density at radius 2 is 1.89 bits per heavy atom. The third-order valence-electron chi connectivity index (χ3n) is 6.35. The van der Waals surface area contributed by atoms with Crippen molar-refractivity contribution < 1.29 is 9.13 Å². The van der Waals surface area contributed by atoms with Crippen LogP contribution in [0.2, 0.25) is 0 Å². The lowest BCUT2D eigenvalue weighted by Crippen LogP contribution is -2.36. The molecule has 182 valence electrons. The maximum atomic E-state index is 12.6. The molecule has 0 amide bonds. The summed E-state index contributed by atoms with van der Waals surface area (Å²) in [5, 5.41) is 21.6. The van der Waals surface area contributed by atoms with Gasteiger partial charge in [-0.1, -0.05) is 19.3 Å². The van der Waals surface area contributed by atoms with Crippen molar-refractivity contribution in [3.05, 3.63) is 57.8 Å². The number of anilines is 2. The van der Waals surface area contributed by atoms with Crippen LogP contribution in [-0.4, -0.2) is 36.8 Å². The van der Waals surface area contributed by atoms with Crippen molar-refractivity contribution in [2.75, 3.05) is 31.4 Å². The number of hydrogen-bond acceptors (Lipinski definition) is 7. The third-order valence-corrected chi connectivity index (χ3v) is 6.35. The second-order valence-electron chi connectivity index (χ2n) is 8.37. The molecule has 0 spiro atoms. The number of methoxy groups -OCH3 is 1. The third kappa shape index (κ3) is 5.36. The van der Waals surface area contributed by atoms with Crippen molar-refractivity contribution in [2.24, 2.45) is 7.05 Å². The van der Waals surface area contributed by atoms with Crippen LogP contribution in [0.4, 0.5) is 15.8 Å². The molecule has 1 N–H and O–H groups in total. The molecule has 0 atom stereocenters. The standard InChI is InChI=1S/C18H19N5O.C8H10FNO/c1-22(13-6-4-3-5-7-13)17-14(11-20)18(24)23(2)15-9-8-12(10-19)21-16(15)17;1-10-7-4-3-6(9)5-8(7)11-2/h8-9,13H,3-7H2,1-2H3;3-5,10H,1-2H3. The Hall–Kier alpha value is -4.11. The average molecular weight is 477 g/mol. The Balaban J connectivity index is 0.000000261. The molecular weight excluding hydrogens is 447 g/mol. The molecule has 3 aromatic rings. The lowest BCUT2D eigenvalue weighted by Gasteiger charge is -2.33. The van der Waals surface area contributed by atoms with Crippen LogP contribution < -0.4 is 20.5 Å². The first-order chi connectivity index (χ1) is 16.9. The van der Waals surface area contributed by atoms with Gasteiger partial charge in [-0.25, -0.2) is 9.37 Å². The van der Waals surface area contributed by atoms with Crippen molar-refractivity contribution in [1.82, 2.24) is 9.55 Å². The molecule has 4 rings (SSSR count). The second kappa shape index (κ2) is 11.3. The number of nitrogens with zero attached hydrogens (tertiary/aromatic N) is 5. The Labute approximate surface area is 204 Å². The van der Waals surface area contributed by atoms with Crippen molar-refractivity contribution in [2.45, 2.75) is 38.1 Å². The molecule has 0 unspecified atom stereocenters. The lowest BCUT2D eigenvalue weighted by atomic mass is 9.93. The van der Waals surface area contributed by atoms with E-state index in [1.54, 1.807) is 32.3 Å². The first-order valence-electron chi connectivity index (χ1n) is 11.4. The number of nitrogens with one attached hydrogen (secondary N) is 1. The van der Waals surface area contributed by atoms with Crippen LogP contribution in [0.1, 0.15) is 43.4 Å². The van der Waals surface area contributed by atoms with Crippen LogP contribution in [0.5, 0.6) is 5.75 Å². The molecule has 2 heterocycles. The minimum absolute atomic E-state index is 0.0978. The van der Waals surface area contributed by atoms with E-state index >= 15 is 0 Å². The van der Waals surface area contributed by atoms with E-state index in [0.717, 1.165) is 31.4 Å². The molecule has 1 aliphatic carbocycles. The predicted molar refractivity (Wildman–Crippen MR) is 134 cm³/mol. The van der Waals surface area contributed by atoms with Gasteiger partial charge >= 0.3 is 0 Å². The zero-order chi connectivity index (χ0) is 25.5. The summed E-state index contributed by atoms with van der Waals surface area (Å²) in [7, 11) is 6.82. The molecule has 9 heteroatoms. The number of nitriles is 2. The van der Waals surface area contributed by atoms with E-state index in [9.17, 15) is 14.4 Å². The second-order valence-corrected chi connectivity index (χ2v) is 8.37. The summed E-state index contributed by atoms with van der Waals surface area (Å²) in [6, 6.07) is 12.1. The van der Waals surface area contributed by atoms with Gasteiger partial charge in [-0.15, -0.1) is 0 Å². The van der Waals surface area contributed by atoms with Gasteiger partial charge < -0.3 is 19.5 Å². The molecule has 8 nitrogen and oxygen atoms in total. The number of aromatic nitrogens is 2. The van der Waals surface area contributed by atoms with E-state index < -0.39 is 0 Å². The number of hydrogen-bond donors (Lipinski definition) is 1. The van der Waals surface area contributed by atoms with Crippen LogP contribution >= 0.6 is 0 Å². The number of aryl methyl sites for hydroxylation is 1. The van der Waals surface area contributed by atoms with Gasteiger partial charge in [0.15, 0.2) is 0 Å². The fourth-order valence-electron chi connectivity index (χ4n) is 4.42. The summed E-state index contributed by atoms with van der Waals surface area (Å²) >= 11 is 0. The van der Waals surface area contributed by atoms with Gasteiger partial charge in [0.05, 0.1) is 24.0 Å². The van der Waals surface area contributed by atoms with Crippen LogP contribution in [0.3, 0.4) is 0 Å². The highest BCUT2D eigenvalue weighted by Crippen LogP contribution is 2.32. The van der Waals surface area contributed by atoms with E-state index in [0.29, 0.717) is 22.5 Å². The summed E-state index contributed by atoms with van der Waals surface area (Å²) in [6.45, 7) is 0.